The highest BCUT2D eigenvalue weighted by Gasteiger charge is 2.18. The molecule has 124 valence electrons. The van der Waals surface area contributed by atoms with E-state index < -0.39 is 0 Å². The molecule has 0 aliphatic carbocycles. The van der Waals surface area contributed by atoms with Gasteiger partial charge in [-0.3, -0.25) is 4.79 Å². The first kappa shape index (κ1) is 16.1. The fourth-order valence-corrected chi connectivity index (χ4v) is 2.58. The van der Waals surface area contributed by atoms with E-state index in [0.717, 1.165) is 10.9 Å². The second-order valence-corrected chi connectivity index (χ2v) is 5.68. The highest BCUT2D eigenvalue weighted by Crippen LogP contribution is 2.17. The zero-order valence-electron chi connectivity index (χ0n) is 13.7. The first-order chi connectivity index (χ1) is 11.6. The molecule has 1 atom stereocenters. The van der Waals surface area contributed by atoms with Crippen LogP contribution in [0.4, 0.5) is 0 Å². The molecule has 6 heteroatoms. The minimum absolute atomic E-state index is 0.0817. The molecule has 1 amide bonds. The molecule has 1 aromatic carbocycles. The molecule has 3 rings (SSSR count). The lowest BCUT2D eigenvalue weighted by Gasteiger charge is -2.13. The number of hydrogen-bond donors (Lipinski definition) is 2. The zero-order chi connectivity index (χ0) is 17.1. The molecule has 24 heavy (non-hydrogen) atoms. The molecular formula is C18H20N4O2. The molecule has 2 heterocycles. The smallest absolute Gasteiger partial charge is 0.255 e. The maximum absolute atomic E-state index is 12.4. The number of aromatic nitrogens is 3. The Hall–Kier alpha value is -2.73. The maximum atomic E-state index is 12.4. The number of aliphatic hydroxyl groups is 1. The lowest BCUT2D eigenvalue weighted by atomic mass is 10.2. The Morgan fingerprint density at radius 1 is 1.29 bits per heavy atom. The summed E-state index contributed by atoms with van der Waals surface area (Å²) >= 11 is 0. The van der Waals surface area contributed by atoms with Crippen LogP contribution in [0.25, 0.3) is 16.7 Å². The number of carbonyl (C=O) groups is 1. The molecule has 6 nitrogen and oxygen atoms in total. The second kappa shape index (κ2) is 6.80. The summed E-state index contributed by atoms with van der Waals surface area (Å²) < 4.78 is 1.65. The molecule has 0 fully saturated rings. The number of aliphatic hydroxyl groups excluding tert-OH is 1. The molecule has 0 aliphatic rings. The van der Waals surface area contributed by atoms with Crippen molar-refractivity contribution in [1.82, 2.24) is 20.1 Å². The molecule has 2 N–H and O–H groups in total. The Balaban J connectivity index is 1.92. The number of rotatable bonds is 5. The summed E-state index contributed by atoms with van der Waals surface area (Å²) in [4.78, 5) is 17.0. The van der Waals surface area contributed by atoms with E-state index in [1.165, 1.54) is 6.20 Å². The van der Waals surface area contributed by atoms with Crippen molar-refractivity contribution in [2.45, 2.75) is 26.3 Å². The third-order valence-corrected chi connectivity index (χ3v) is 4.10. The van der Waals surface area contributed by atoms with E-state index in [1.807, 2.05) is 50.2 Å². The first-order valence-corrected chi connectivity index (χ1v) is 7.96. The molecule has 2 aromatic heterocycles. The number of carbonyl (C=O) groups excluding carboxylic acids is 1. The molecule has 0 saturated carbocycles. The van der Waals surface area contributed by atoms with Gasteiger partial charge in [0.05, 0.1) is 35.6 Å². The quantitative estimate of drug-likeness (QED) is 0.754. The number of nitrogens with zero attached hydrogens (tertiary/aromatic N) is 3. The summed E-state index contributed by atoms with van der Waals surface area (Å²) in [5.41, 5.74) is 2.07. The molecular weight excluding hydrogens is 304 g/mol. The summed E-state index contributed by atoms with van der Waals surface area (Å²) in [6, 6.07) is 11.5. The minimum Gasteiger partial charge on any atom is -0.394 e. The second-order valence-electron chi connectivity index (χ2n) is 5.68. The van der Waals surface area contributed by atoms with Crippen molar-refractivity contribution in [3.05, 3.63) is 53.9 Å². The molecule has 0 radical (unpaired) electrons. The van der Waals surface area contributed by atoms with Gasteiger partial charge in [-0.2, -0.15) is 5.10 Å². The van der Waals surface area contributed by atoms with Crippen LogP contribution in [0, 0.1) is 6.92 Å². The normalized spacial score (nSPS) is 12.3. The standard InChI is InChI=1S/C18H20N4O2/c1-3-14(11-23)20-18(24)15-10-19-22(12(15)2)17-9-8-13-6-4-5-7-16(13)21-17/h4-10,14,23H,3,11H2,1-2H3,(H,20,24). The van der Waals surface area contributed by atoms with E-state index in [2.05, 4.69) is 15.4 Å². The van der Waals surface area contributed by atoms with Gasteiger partial charge in [-0.15, -0.1) is 0 Å². The molecule has 0 bridgehead atoms. The van der Waals surface area contributed by atoms with Crippen molar-refractivity contribution < 1.29 is 9.90 Å². The Morgan fingerprint density at radius 3 is 2.83 bits per heavy atom. The van der Waals surface area contributed by atoms with Gasteiger partial charge in [-0.1, -0.05) is 25.1 Å². The van der Waals surface area contributed by atoms with Crippen LogP contribution in [0.2, 0.25) is 0 Å². The van der Waals surface area contributed by atoms with Crippen LogP contribution >= 0.6 is 0 Å². The SMILES string of the molecule is CCC(CO)NC(=O)c1cnn(-c2ccc3ccccc3n2)c1C. The van der Waals surface area contributed by atoms with Crippen LogP contribution in [-0.4, -0.2) is 38.4 Å². The number of fused-ring (bicyclic) bond motifs is 1. The van der Waals surface area contributed by atoms with Gasteiger partial charge in [0.2, 0.25) is 0 Å². The van der Waals surface area contributed by atoms with Gasteiger partial charge in [0.15, 0.2) is 5.82 Å². The number of benzene rings is 1. The molecule has 3 aromatic rings. The van der Waals surface area contributed by atoms with Crippen molar-refractivity contribution in [1.29, 1.82) is 0 Å². The Kier molecular flexibility index (Phi) is 4.57. The van der Waals surface area contributed by atoms with Crippen molar-refractivity contribution in [2.75, 3.05) is 6.61 Å². The topological polar surface area (TPSA) is 80.0 Å². The molecule has 0 saturated heterocycles. The van der Waals surface area contributed by atoms with Crippen LogP contribution in [-0.2, 0) is 0 Å². The van der Waals surface area contributed by atoms with E-state index in [4.69, 9.17) is 0 Å². The Labute approximate surface area is 140 Å². The van der Waals surface area contributed by atoms with Crippen LogP contribution in [0.15, 0.2) is 42.6 Å². The lowest BCUT2D eigenvalue weighted by Crippen LogP contribution is -2.37. The van der Waals surface area contributed by atoms with E-state index in [-0.39, 0.29) is 18.6 Å². The highest BCUT2D eigenvalue weighted by molar-refractivity contribution is 5.95. The Bertz CT molecular complexity index is 868. The summed E-state index contributed by atoms with van der Waals surface area (Å²) in [6.07, 6.45) is 2.20. The minimum atomic E-state index is -0.251. The van der Waals surface area contributed by atoms with Gasteiger partial charge < -0.3 is 10.4 Å². The van der Waals surface area contributed by atoms with Crippen LogP contribution < -0.4 is 5.32 Å². The van der Waals surface area contributed by atoms with Crippen LogP contribution in [0.3, 0.4) is 0 Å². The third-order valence-electron chi connectivity index (χ3n) is 4.10. The average molecular weight is 324 g/mol. The molecule has 1 unspecified atom stereocenters. The largest absolute Gasteiger partial charge is 0.394 e. The molecule has 0 aliphatic heterocycles. The van der Waals surface area contributed by atoms with Gasteiger partial charge in [-0.25, -0.2) is 9.67 Å². The molecule has 0 spiro atoms. The fraction of sp³-hybridized carbons (Fsp3) is 0.278. The van der Waals surface area contributed by atoms with Crippen molar-refractivity contribution in [2.24, 2.45) is 0 Å². The monoisotopic (exact) mass is 324 g/mol. The average Bonchev–Trinajstić information content (AvgIpc) is 3.00. The third kappa shape index (κ3) is 3.00. The van der Waals surface area contributed by atoms with Gasteiger partial charge >= 0.3 is 0 Å². The van der Waals surface area contributed by atoms with Crippen molar-refractivity contribution in [3.63, 3.8) is 0 Å². The van der Waals surface area contributed by atoms with Crippen molar-refractivity contribution in [3.8, 4) is 5.82 Å². The summed E-state index contributed by atoms with van der Waals surface area (Å²) in [6.45, 7) is 3.66. The number of amides is 1. The summed E-state index contributed by atoms with van der Waals surface area (Å²) in [7, 11) is 0. The van der Waals surface area contributed by atoms with E-state index in [0.29, 0.717) is 23.5 Å². The zero-order valence-corrected chi connectivity index (χ0v) is 13.7. The number of hydrogen-bond acceptors (Lipinski definition) is 4. The Morgan fingerprint density at radius 2 is 2.08 bits per heavy atom. The van der Waals surface area contributed by atoms with Gasteiger partial charge in [0.1, 0.15) is 0 Å². The first-order valence-electron chi connectivity index (χ1n) is 7.96. The van der Waals surface area contributed by atoms with Gasteiger partial charge in [-0.05, 0) is 31.5 Å². The summed E-state index contributed by atoms with van der Waals surface area (Å²) in [5.74, 6) is 0.430. The van der Waals surface area contributed by atoms with E-state index in [1.54, 1.807) is 4.68 Å². The predicted molar refractivity (Wildman–Crippen MR) is 92.2 cm³/mol. The van der Waals surface area contributed by atoms with Crippen LogP contribution in [0.5, 0.6) is 0 Å². The van der Waals surface area contributed by atoms with Gasteiger partial charge in [0, 0.05) is 5.39 Å². The summed E-state index contributed by atoms with van der Waals surface area (Å²) in [5, 5.41) is 17.4. The van der Waals surface area contributed by atoms with Gasteiger partial charge in [0.25, 0.3) is 5.91 Å². The van der Waals surface area contributed by atoms with E-state index >= 15 is 0 Å². The van der Waals surface area contributed by atoms with Crippen LogP contribution in [0.1, 0.15) is 29.4 Å². The predicted octanol–water partition coefficient (Wildman–Crippen LogP) is 2.23. The number of nitrogens with one attached hydrogen (secondary N) is 1. The number of para-hydroxylation sites is 1. The highest BCUT2D eigenvalue weighted by atomic mass is 16.3. The van der Waals surface area contributed by atoms with E-state index in [9.17, 15) is 9.90 Å². The number of pyridine rings is 1. The maximum Gasteiger partial charge on any atom is 0.255 e. The van der Waals surface area contributed by atoms with Crippen molar-refractivity contribution >= 4 is 16.8 Å². The lowest BCUT2D eigenvalue weighted by molar-refractivity contribution is 0.0914. The fourth-order valence-electron chi connectivity index (χ4n) is 2.58.